The van der Waals surface area contributed by atoms with Crippen molar-refractivity contribution in [3.63, 3.8) is 0 Å². The van der Waals surface area contributed by atoms with E-state index in [1.165, 1.54) is 11.3 Å². The van der Waals surface area contributed by atoms with E-state index < -0.39 is 23.4 Å². The molecule has 0 unspecified atom stereocenters. The fraction of sp³-hybridized carbons (Fsp3) is 0.130. The normalized spacial score (nSPS) is 16.5. The molecule has 150 valence electrons. The monoisotopic (exact) mass is 422 g/mol. The smallest absolute Gasteiger partial charge is 0.282 e. The Bertz CT molecular complexity index is 1200. The van der Waals surface area contributed by atoms with Gasteiger partial charge in [0.1, 0.15) is 17.3 Å². The van der Waals surface area contributed by atoms with Gasteiger partial charge in [-0.05, 0) is 48.1 Å². The lowest BCUT2D eigenvalue weighted by atomic mass is 10.00. The third kappa shape index (κ3) is 2.85. The molecular formula is C23H16F2N2O2S. The summed E-state index contributed by atoms with van der Waals surface area (Å²) in [4.78, 5) is 30.2. The molecule has 0 saturated carbocycles. The highest BCUT2D eigenvalue weighted by molar-refractivity contribution is 7.11. The Balaban J connectivity index is 1.69. The van der Waals surface area contributed by atoms with Crippen LogP contribution in [0, 0.1) is 11.6 Å². The molecule has 0 fully saturated rings. The van der Waals surface area contributed by atoms with Gasteiger partial charge in [0.25, 0.3) is 11.8 Å². The van der Waals surface area contributed by atoms with E-state index in [-0.39, 0.29) is 17.0 Å². The van der Waals surface area contributed by atoms with Gasteiger partial charge in [-0.15, -0.1) is 11.3 Å². The molecule has 0 atom stereocenters. The maximum Gasteiger partial charge on any atom is 0.282 e. The van der Waals surface area contributed by atoms with Crippen LogP contribution in [0.4, 0.5) is 20.2 Å². The first-order chi connectivity index (χ1) is 14.6. The van der Waals surface area contributed by atoms with Crippen LogP contribution >= 0.6 is 11.3 Å². The third-order valence-corrected chi connectivity index (χ3v) is 6.25. The van der Waals surface area contributed by atoms with E-state index in [9.17, 15) is 18.4 Å². The Morgan fingerprint density at radius 2 is 1.73 bits per heavy atom. The predicted molar refractivity (Wildman–Crippen MR) is 112 cm³/mol. The molecule has 5 rings (SSSR count). The van der Waals surface area contributed by atoms with Gasteiger partial charge in [-0.1, -0.05) is 24.3 Å². The van der Waals surface area contributed by atoms with Crippen molar-refractivity contribution in [3.8, 4) is 0 Å². The molecule has 0 saturated heterocycles. The number of benzene rings is 2. The van der Waals surface area contributed by atoms with Gasteiger partial charge in [0, 0.05) is 23.2 Å². The number of carbonyl (C=O) groups excluding carboxylic acids is 2. The number of nitrogens with zero attached hydrogens (tertiary/aromatic N) is 2. The number of hydrogen-bond acceptors (Lipinski definition) is 4. The molecule has 2 aliphatic rings. The largest absolute Gasteiger partial charge is 0.336 e. The number of thiophene rings is 1. The standard InChI is InChI=1S/C23H16F2N2O2S/c24-15-9-10-18(16(25)13-15)27-22(28)20(19-8-4-12-30-19)21(23(27)29)26-11-3-6-14-5-1-2-7-17(14)26/h1-2,4-5,7-10,12-13H,3,6,11H2. The summed E-state index contributed by atoms with van der Waals surface area (Å²) < 4.78 is 27.9. The van der Waals surface area contributed by atoms with Crippen LogP contribution in [0.25, 0.3) is 5.57 Å². The Hall–Kier alpha value is -3.32. The van der Waals surface area contributed by atoms with Gasteiger partial charge in [-0.2, -0.15) is 0 Å². The van der Waals surface area contributed by atoms with Crippen LogP contribution in [0.5, 0.6) is 0 Å². The number of anilines is 2. The number of rotatable bonds is 3. The maximum atomic E-state index is 14.5. The zero-order valence-electron chi connectivity index (χ0n) is 15.8. The van der Waals surface area contributed by atoms with Gasteiger partial charge >= 0.3 is 0 Å². The molecule has 0 spiro atoms. The van der Waals surface area contributed by atoms with Crippen LogP contribution < -0.4 is 9.80 Å². The first-order valence-electron chi connectivity index (χ1n) is 9.53. The molecule has 4 nitrogen and oxygen atoms in total. The molecule has 3 aromatic rings. The minimum Gasteiger partial charge on any atom is -0.336 e. The molecule has 0 radical (unpaired) electrons. The van der Waals surface area contributed by atoms with Crippen molar-refractivity contribution in [2.45, 2.75) is 12.8 Å². The van der Waals surface area contributed by atoms with Crippen molar-refractivity contribution >= 4 is 40.1 Å². The van der Waals surface area contributed by atoms with Gasteiger partial charge in [0.05, 0.1) is 11.3 Å². The highest BCUT2D eigenvalue weighted by atomic mass is 32.1. The summed E-state index contributed by atoms with van der Waals surface area (Å²) in [5, 5.41) is 1.82. The minimum atomic E-state index is -0.956. The first kappa shape index (κ1) is 18.7. The highest BCUT2D eigenvalue weighted by Gasteiger charge is 2.44. The number of carbonyl (C=O) groups is 2. The fourth-order valence-electron chi connectivity index (χ4n) is 4.06. The van der Waals surface area contributed by atoms with E-state index >= 15 is 0 Å². The molecule has 30 heavy (non-hydrogen) atoms. The number of imide groups is 1. The molecule has 0 N–H and O–H groups in total. The van der Waals surface area contributed by atoms with E-state index in [2.05, 4.69) is 0 Å². The number of para-hydroxylation sites is 1. The summed E-state index contributed by atoms with van der Waals surface area (Å²) in [6, 6.07) is 14.2. The average Bonchev–Trinajstić information content (AvgIpc) is 3.35. The van der Waals surface area contributed by atoms with Gasteiger partial charge in [-0.3, -0.25) is 9.59 Å². The van der Waals surface area contributed by atoms with Crippen LogP contribution in [0.15, 0.2) is 65.7 Å². The number of halogens is 2. The van der Waals surface area contributed by atoms with Crippen LogP contribution in [-0.2, 0) is 16.0 Å². The Morgan fingerprint density at radius 3 is 2.50 bits per heavy atom. The van der Waals surface area contributed by atoms with Crippen molar-refractivity contribution < 1.29 is 18.4 Å². The molecule has 2 aromatic carbocycles. The van der Waals surface area contributed by atoms with E-state index in [0.717, 1.165) is 41.1 Å². The summed E-state index contributed by atoms with van der Waals surface area (Å²) >= 11 is 1.34. The predicted octanol–water partition coefficient (Wildman–Crippen LogP) is 4.76. The lowest BCUT2D eigenvalue weighted by Crippen LogP contribution is -2.37. The van der Waals surface area contributed by atoms with Gasteiger partial charge in [0.15, 0.2) is 0 Å². The zero-order valence-corrected chi connectivity index (χ0v) is 16.6. The molecule has 2 amide bonds. The van der Waals surface area contributed by atoms with Crippen molar-refractivity contribution in [1.29, 1.82) is 0 Å². The Labute approximate surface area is 175 Å². The summed E-state index contributed by atoms with van der Waals surface area (Å²) in [7, 11) is 0. The second-order valence-corrected chi connectivity index (χ2v) is 8.07. The van der Waals surface area contributed by atoms with Crippen molar-refractivity contribution in [2.75, 3.05) is 16.3 Å². The first-order valence-corrected chi connectivity index (χ1v) is 10.4. The molecule has 0 bridgehead atoms. The number of aryl methyl sites for hydroxylation is 1. The molecular weight excluding hydrogens is 406 g/mol. The third-order valence-electron chi connectivity index (χ3n) is 5.36. The molecule has 7 heteroatoms. The topological polar surface area (TPSA) is 40.6 Å². The minimum absolute atomic E-state index is 0.235. The Kier molecular flexibility index (Phi) is 4.47. The summed E-state index contributed by atoms with van der Waals surface area (Å²) in [5.74, 6) is -2.94. The molecule has 3 heterocycles. The van der Waals surface area contributed by atoms with E-state index in [0.29, 0.717) is 17.5 Å². The lowest BCUT2D eigenvalue weighted by Gasteiger charge is -2.32. The second kappa shape index (κ2) is 7.18. The van der Waals surface area contributed by atoms with Crippen molar-refractivity contribution in [3.05, 3.63) is 87.7 Å². The SMILES string of the molecule is O=C1C(c2cccs2)=C(N2CCCc3ccccc32)C(=O)N1c1ccc(F)cc1F. The highest BCUT2D eigenvalue weighted by Crippen LogP contribution is 2.41. The van der Waals surface area contributed by atoms with Gasteiger partial charge in [0.2, 0.25) is 0 Å². The number of hydrogen-bond donors (Lipinski definition) is 0. The number of amides is 2. The maximum absolute atomic E-state index is 14.5. The van der Waals surface area contributed by atoms with Crippen molar-refractivity contribution in [2.24, 2.45) is 0 Å². The Morgan fingerprint density at radius 1 is 0.900 bits per heavy atom. The molecule has 2 aliphatic heterocycles. The van der Waals surface area contributed by atoms with E-state index in [1.807, 2.05) is 34.5 Å². The van der Waals surface area contributed by atoms with E-state index in [1.54, 1.807) is 12.1 Å². The summed E-state index contributed by atoms with van der Waals surface area (Å²) in [6.07, 6.45) is 1.71. The molecule has 0 aliphatic carbocycles. The van der Waals surface area contributed by atoms with Crippen LogP contribution in [0.2, 0.25) is 0 Å². The van der Waals surface area contributed by atoms with Crippen LogP contribution in [-0.4, -0.2) is 18.4 Å². The number of fused-ring (bicyclic) bond motifs is 1. The summed E-state index contributed by atoms with van der Waals surface area (Å²) in [5.41, 5.74) is 2.19. The second-order valence-electron chi connectivity index (χ2n) is 7.13. The van der Waals surface area contributed by atoms with Crippen LogP contribution in [0.1, 0.15) is 16.9 Å². The van der Waals surface area contributed by atoms with Gasteiger partial charge in [-0.25, -0.2) is 13.7 Å². The average molecular weight is 422 g/mol. The zero-order chi connectivity index (χ0) is 20.8. The van der Waals surface area contributed by atoms with E-state index in [4.69, 9.17) is 0 Å². The van der Waals surface area contributed by atoms with Crippen molar-refractivity contribution in [1.82, 2.24) is 0 Å². The quantitative estimate of drug-likeness (QED) is 0.572. The van der Waals surface area contributed by atoms with Crippen LogP contribution in [0.3, 0.4) is 0 Å². The van der Waals surface area contributed by atoms with Gasteiger partial charge < -0.3 is 4.90 Å². The summed E-state index contributed by atoms with van der Waals surface area (Å²) in [6.45, 7) is 0.569. The fourth-order valence-corrected chi connectivity index (χ4v) is 4.82. The molecule has 1 aromatic heterocycles. The lowest BCUT2D eigenvalue weighted by molar-refractivity contribution is -0.120.